The van der Waals surface area contributed by atoms with Gasteiger partial charge in [0.05, 0.1) is 25.9 Å². The predicted octanol–water partition coefficient (Wildman–Crippen LogP) is -7.94. The second-order valence-corrected chi connectivity index (χ2v) is 11.4. The van der Waals surface area contributed by atoms with Crippen LogP contribution in [0.1, 0.15) is 13.8 Å². The molecule has 4 aliphatic heterocycles. The van der Waals surface area contributed by atoms with Gasteiger partial charge in [-0.25, -0.2) is 0 Å². The number of carbonyl (C=O) groups is 1. The first kappa shape index (κ1) is 36.6. The predicted molar refractivity (Wildman–Crippen MR) is 138 cm³/mol. The molecule has 1 unspecified atom stereocenters. The second kappa shape index (κ2) is 15.3. The summed E-state index contributed by atoms with van der Waals surface area (Å²) in [6.45, 7) is 0.298. The lowest BCUT2D eigenvalue weighted by atomic mass is 9.94. The molecule has 45 heavy (non-hydrogen) atoms. The van der Waals surface area contributed by atoms with Crippen LogP contribution in [0.25, 0.3) is 0 Å². The minimum absolute atomic E-state index is 0.493. The molecule has 0 spiro atoms. The number of aliphatic hydroxyl groups is 11. The lowest BCUT2D eigenvalue weighted by Crippen LogP contribution is -2.70. The molecule has 0 aromatic carbocycles. The van der Waals surface area contributed by atoms with Gasteiger partial charge in [-0.2, -0.15) is 0 Å². The van der Waals surface area contributed by atoms with Gasteiger partial charge in [0, 0.05) is 6.92 Å². The molecular weight excluding hydrogens is 618 g/mol. The molecule has 12 N–H and O–H groups in total. The zero-order valence-corrected chi connectivity index (χ0v) is 24.3. The van der Waals surface area contributed by atoms with Gasteiger partial charge in [-0.3, -0.25) is 4.79 Å². The molecule has 0 aliphatic carbocycles. The number of hydrogen-bond acceptors (Lipinski definition) is 19. The Kier molecular flexibility index (Phi) is 12.5. The zero-order chi connectivity index (χ0) is 33.3. The second-order valence-electron chi connectivity index (χ2n) is 11.4. The van der Waals surface area contributed by atoms with Crippen molar-refractivity contribution in [1.29, 1.82) is 0 Å². The third kappa shape index (κ3) is 7.74. The van der Waals surface area contributed by atoms with Crippen molar-refractivity contribution in [3.63, 3.8) is 0 Å². The SMILES string of the molecule is CC(=O)N[C@H]1C(O)O[C@H](CO)[C@@H](O[C@@H]2O[C@@H](C)[C@@H](O)[C@@H](O)[C@@H]2O)[C@@H]1O[C@@H]1O[C@H](CO)[C@H](O)[C@H](O)[C@H]1O[C@@H]1OC[C@@H](O)[C@@H](O)[C@@H]1O. The van der Waals surface area contributed by atoms with E-state index in [1.807, 2.05) is 0 Å². The molecule has 4 aliphatic rings. The fraction of sp³-hybridized carbons (Fsp3) is 0.960. The van der Waals surface area contributed by atoms with Crippen molar-refractivity contribution in [3.05, 3.63) is 0 Å². The van der Waals surface area contributed by atoms with Crippen LogP contribution in [-0.4, -0.2) is 199 Å². The molecular formula is C25H43NO19. The molecule has 0 aromatic rings. The lowest BCUT2D eigenvalue weighted by Gasteiger charge is -2.50. The van der Waals surface area contributed by atoms with Gasteiger partial charge in [-0.15, -0.1) is 0 Å². The molecule has 4 rings (SSSR count). The fourth-order valence-electron chi connectivity index (χ4n) is 5.58. The number of nitrogens with one attached hydrogen (secondary N) is 1. The van der Waals surface area contributed by atoms with Gasteiger partial charge in [0.2, 0.25) is 5.91 Å². The van der Waals surface area contributed by atoms with E-state index in [1.165, 1.54) is 6.92 Å². The highest BCUT2D eigenvalue weighted by atomic mass is 16.8. The minimum atomic E-state index is -1.92. The molecule has 0 radical (unpaired) electrons. The van der Waals surface area contributed by atoms with Crippen LogP contribution in [0.4, 0.5) is 0 Å². The Labute approximate surface area is 256 Å². The molecule has 0 aromatic heterocycles. The first-order valence-corrected chi connectivity index (χ1v) is 14.4. The number of amides is 1. The van der Waals surface area contributed by atoms with E-state index in [0.717, 1.165) is 6.92 Å². The van der Waals surface area contributed by atoms with Crippen molar-refractivity contribution in [2.75, 3.05) is 19.8 Å². The first-order chi connectivity index (χ1) is 21.2. The summed E-state index contributed by atoms with van der Waals surface area (Å²) in [5, 5.41) is 116. The van der Waals surface area contributed by atoms with Gasteiger partial charge in [0.25, 0.3) is 0 Å². The van der Waals surface area contributed by atoms with E-state index >= 15 is 0 Å². The molecule has 4 fully saturated rings. The van der Waals surface area contributed by atoms with E-state index in [9.17, 15) is 61.0 Å². The number of hydrogen-bond donors (Lipinski definition) is 12. The lowest BCUT2D eigenvalue weighted by molar-refractivity contribution is -0.387. The summed E-state index contributed by atoms with van der Waals surface area (Å²) in [4.78, 5) is 12.1. The molecule has 4 saturated heterocycles. The molecule has 1 amide bonds. The molecule has 20 nitrogen and oxygen atoms in total. The summed E-state index contributed by atoms with van der Waals surface area (Å²) >= 11 is 0. The van der Waals surface area contributed by atoms with E-state index in [2.05, 4.69) is 5.32 Å². The summed E-state index contributed by atoms with van der Waals surface area (Å²) in [5.41, 5.74) is 0. The van der Waals surface area contributed by atoms with Crippen LogP contribution in [0.15, 0.2) is 0 Å². The molecule has 0 bridgehead atoms. The van der Waals surface area contributed by atoms with Crippen LogP contribution in [0.2, 0.25) is 0 Å². The Morgan fingerprint density at radius 3 is 1.89 bits per heavy atom. The van der Waals surface area contributed by atoms with E-state index in [-0.39, 0.29) is 0 Å². The Hall–Kier alpha value is -1.25. The number of carbonyl (C=O) groups excluding carboxylic acids is 1. The van der Waals surface area contributed by atoms with E-state index in [4.69, 9.17) is 33.2 Å². The van der Waals surface area contributed by atoms with E-state index in [1.54, 1.807) is 0 Å². The van der Waals surface area contributed by atoms with Crippen LogP contribution in [0, 0.1) is 0 Å². The highest BCUT2D eigenvalue weighted by molar-refractivity contribution is 5.73. The maximum atomic E-state index is 12.1. The van der Waals surface area contributed by atoms with Gasteiger partial charge in [-0.1, -0.05) is 0 Å². The van der Waals surface area contributed by atoms with Crippen LogP contribution in [-0.2, 0) is 38.0 Å². The zero-order valence-electron chi connectivity index (χ0n) is 24.3. The quantitative estimate of drug-likeness (QED) is 0.109. The average Bonchev–Trinajstić information content (AvgIpc) is 3.00. The monoisotopic (exact) mass is 661 g/mol. The van der Waals surface area contributed by atoms with Crippen LogP contribution in [0.5, 0.6) is 0 Å². The first-order valence-electron chi connectivity index (χ1n) is 14.4. The van der Waals surface area contributed by atoms with Crippen molar-refractivity contribution in [2.45, 2.75) is 131 Å². The topological polar surface area (TPSA) is 316 Å². The van der Waals surface area contributed by atoms with Gasteiger partial charge in [0.1, 0.15) is 85.4 Å². The van der Waals surface area contributed by atoms with Gasteiger partial charge in [-0.05, 0) is 6.92 Å². The largest absolute Gasteiger partial charge is 0.394 e. The number of aliphatic hydroxyl groups excluding tert-OH is 11. The highest BCUT2D eigenvalue weighted by Gasteiger charge is 2.55. The van der Waals surface area contributed by atoms with Crippen molar-refractivity contribution in [1.82, 2.24) is 5.32 Å². The van der Waals surface area contributed by atoms with Gasteiger partial charge in [0.15, 0.2) is 25.2 Å². The van der Waals surface area contributed by atoms with Crippen molar-refractivity contribution >= 4 is 5.91 Å². The van der Waals surface area contributed by atoms with Crippen molar-refractivity contribution < 1.29 is 94.1 Å². The number of rotatable bonds is 9. The van der Waals surface area contributed by atoms with Crippen LogP contribution < -0.4 is 5.32 Å². The summed E-state index contributed by atoms with van der Waals surface area (Å²) < 4.78 is 39.4. The van der Waals surface area contributed by atoms with E-state index in [0.29, 0.717) is 0 Å². The third-order valence-corrected chi connectivity index (χ3v) is 8.18. The van der Waals surface area contributed by atoms with E-state index < -0.39 is 142 Å². The van der Waals surface area contributed by atoms with Gasteiger partial charge >= 0.3 is 0 Å². The maximum absolute atomic E-state index is 12.1. The Morgan fingerprint density at radius 1 is 0.667 bits per heavy atom. The molecule has 4 heterocycles. The molecule has 262 valence electrons. The average molecular weight is 662 g/mol. The fourth-order valence-corrected chi connectivity index (χ4v) is 5.58. The number of ether oxygens (including phenoxy) is 7. The summed E-state index contributed by atoms with van der Waals surface area (Å²) in [5.74, 6) is -0.703. The minimum Gasteiger partial charge on any atom is -0.394 e. The molecule has 0 saturated carbocycles. The molecule has 20 heteroatoms. The van der Waals surface area contributed by atoms with Crippen molar-refractivity contribution in [3.8, 4) is 0 Å². The van der Waals surface area contributed by atoms with Crippen LogP contribution in [0.3, 0.4) is 0 Å². The van der Waals surface area contributed by atoms with Crippen LogP contribution >= 0.6 is 0 Å². The summed E-state index contributed by atoms with van der Waals surface area (Å²) in [6, 6.07) is -1.53. The standard InChI is InChI=1S/C25H43NO19/c1-6-12(31)15(34)18(37)24(40-6)43-19-10(4-28)41-22(38)11(26-7(2)29)20(19)44-25-21(16(35)14(33)9(3-27)42-25)45-23-17(36)13(32)8(30)5-39-23/h6,8-25,27-28,30-38H,3-5H2,1-2H3,(H,26,29)/t6-,8+,9+,10+,11+,12+,13+,14-,15+,16-,17-,18-,19+,20+,21+,22?,23-,24-,25-/m0/s1. The maximum Gasteiger partial charge on any atom is 0.217 e. The van der Waals surface area contributed by atoms with Gasteiger partial charge < -0.3 is 94.6 Å². The normalized spacial score (nSPS) is 51.1. The summed E-state index contributed by atoms with van der Waals surface area (Å²) in [7, 11) is 0. The third-order valence-electron chi connectivity index (χ3n) is 8.18. The Bertz CT molecular complexity index is 965. The summed E-state index contributed by atoms with van der Waals surface area (Å²) in [6.07, 6.45) is -30.0. The highest BCUT2D eigenvalue weighted by Crippen LogP contribution is 2.34. The Balaban J connectivity index is 1.68. The molecule has 19 atom stereocenters. The smallest absolute Gasteiger partial charge is 0.217 e. The van der Waals surface area contributed by atoms with Crippen molar-refractivity contribution in [2.24, 2.45) is 0 Å². The Morgan fingerprint density at radius 2 is 1.27 bits per heavy atom.